The summed E-state index contributed by atoms with van der Waals surface area (Å²) >= 11 is 17.7. The average Bonchev–Trinajstić information content (AvgIpc) is 2.40. The van der Waals surface area contributed by atoms with Crippen molar-refractivity contribution >= 4 is 40.8 Å². The van der Waals surface area contributed by atoms with Gasteiger partial charge in [-0.25, -0.2) is 4.79 Å². The Balaban J connectivity index is 1.82. The van der Waals surface area contributed by atoms with Gasteiger partial charge in [0.25, 0.3) is 0 Å². The molecule has 1 aromatic rings. The molecule has 5 heteroatoms. The number of rotatable bonds is 5. The van der Waals surface area contributed by atoms with E-state index in [9.17, 15) is 4.79 Å². The standard InChI is InChI=1S/C15H17Cl3O2/c1-9-4-5-10(9)3-2-6-20-15(19)12-7-11(16)8-13(17)14(12)18/h7-10H,2-6H2,1H3. The van der Waals surface area contributed by atoms with Gasteiger partial charge in [0.15, 0.2) is 0 Å². The number of ether oxygens (including phenoxy) is 1. The topological polar surface area (TPSA) is 26.3 Å². The van der Waals surface area contributed by atoms with Crippen molar-refractivity contribution in [3.05, 3.63) is 32.8 Å². The highest BCUT2D eigenvalue weighted by Crippen LogP contribution is 2.37. The summed E-state index contributed by atoms with van der Waals surface area (Å²) in [6, 6.07) is 2.98. The van der Waals surface area contributed by atoms with Crippen LogP contribution in [0.15, 0.2) is 12.1 Å². The van der Waals surface area contributed by atoms with E-state index in [0.717, 1.165) is 24.7 Å². The van der Waals surface area contributed by atoms with Crippen molar-refractivity contribution < 1.29 is 9.53 Å². The molecule has 0 N–H and O–H groups in total. The van der Waals surface area contributed by atoms with Crippen molar-refractivity contribution in [3.63, 3.8) is 0 Å². The number of esters is 1. The Morgan fingerprint density at radius 1 is 1.30 bits per heavy atom. The maximum Gasteiger partial charge on any atom is 0.339 e. The second-order valence-electron chi connectivity index (χ2n) is 5.34. The number of benzene rings is 1. The summed E-state index contributed by atoms with van der Waals surface area (Å²) in [6.07, 6.45) is 4.61. The van der Waals surface area contributed by atoms with Gasteiger partial charge >= 0.3 is 5.97 Å². The molecule has 0 saturated heterocycles. The van der Waals surface area contributed by atoms with Crippen LogP contribution in [0, 0.1) is 11.8 Å². The Labute approximate surface area is 134 Å². The minimum absolute atomic E-state index is 0.189. The quantitative estimate of drug-likeness (QED) is 0.396. The van der Waals surface area contributed by atoms with Gasteiger partial charge < -0.3 is 4.74 Å². The Morgan fingerprint density at radius 2 is 2.05 bits per heavy atom. The molecule has 1 saturated carbocycles. The first-order valence-electron chi connectivity index (χ1n) is 6.80. The molecule has 0 amide bonds. The van der Waals surface area contributed by atoms with Gasteiger partial charge in [-0.3, -0.25) is 0 Å². The molecule has 1 aliphatic rings. The Kier molecular flexibility index (Phi) is 5.59. The van der Waals surface area contributed by atoms with E-state index in [-0.39, 0.29) is 15.6 Å². The highest BCUT2D eigenvalue weighted by molar-refractivity contribution is 6.45. The summed E-state index contributed by atoms with van der Waals surface area (Å²) in [7, 11) is 0. The third-order valence-corrected chi connectivity index (χ3v) is 4.98. The van der Waals surface area contributed by atoms with E-state index < -0.39 is 5.97 Å². The summed E-state index contributed by atoms with van der Waals surface area (Å²) in [5.41, 5.74) is 0.223. The fourth-order valence-electron chi connectivity index (χ4n) is 2.46. The molecule has 0 spiro atoms. The van der Waals surface area contributed by atoms with E-state index in [0.29, 0.717) is 11.6 Å². The molecule has 20 heavy (non-hydrogen) atoms. The van der Waals surface area contributed by atoms with Gasteiger partial charge in [-0.1, -0.05) is 48.1 Å². The third-order valence-electron chi connectivity index (χ3n) is 3.96. The molecule has 2 nitrogen and oxygen atoms in total. The van der Waals surface area contributed by atoms with E-state index in [1.165, 1.54) is 25.0 Å². The zero-order valence-electron chi connectivity index (χ0n) is 11.3. The molecule has 0 aromatic heterocycles. The molecule has 110 valence electrons. The lowest BCUT2D eigenvalue weighted by atomic mass is 9.73. The molecular formula is C15H17Cl3O2. The van der Waals surface area contributed by atoms with Crippen molar-refractivity contribution in [2.45, 2.75) is 32.6 Å². The van der Waals surface area contributed by atoms with Crippen LogP contribution in [-0.4, -0.2) is 12.6 Å². The van der Waals surface area contributed by atoms with Crippen LogP contribution < -0.4 is 0 Å². The van der Waals surface area contributed by atoms with Gasteiger partial charge in [0, 0.05) is 5.02 Å². The number of carbonyl (C=O) groups excluding carboxylic acids is 1. The molecule has 2 unspecified atom stereocenters. The molecule has 1 fully saturated rings. The number of hydrogen-bond acceptors (Lipinski definition) is 2. The SMILES string of the molecule is CC1CCC1CCCOC(=O)c1cc(Cl)cc(Cl)c1Cl. The summed E-state index contributed by atoms with van der Waals surface area (Å²) < 4.78 is 5.23. The van der Waals surface area contributed by atoms with E-state index in [1.807, 2.05) is 0 Å². The molecule has 0 aliphatic heterocycles. The van der Waals surface area contributed by atoms with Crippen molar-refractivity contribution in [1.29, 1.82) is 0 Å². The molecular weight excluding hydrogens is 319 g/mol. The van der Waals surface area contributed by atoms with E-state index in [4.69, 9.17) is 39.5 Å². The smallest absolute Gasteiger partial charge is 0.339 e. The second-order valence-corrected chi connectivity index (χ2v) is 6.56. The van der Waals surface area contributed by atoms with Gasteiger partial charge in [0.05, 0.1) is 22.2 Å². The second kappa shape index (κ2) is 7.02. The Hall–Kier alpha value is -0.440. The highest BCUT2D eigenvalue weighted by atomic mass is 35.5. The lowest BCUT2D eigenvalue weighted by molar-refractivity contribution is 0.0479. The maximum atomic E-state index is 11.9. The van der Waals surface area contributed by atoms with Gasteiger partial charge in [0.1, 0.15) is 0 Å². The zero-order valence-corrected chi connectivity index (χ0v) is 13.6. The summed E-state index contributed by atoms with van der Waals surface area (Å²) in [5, 5.41) is 0.817. The molecule has 1 aromatic carbocycles. The number of carbonyl (C=O) groups is 1. The summed E-state index contributed by atoms with van der Waals surface area (Å²) in [4.78, 5) is 11.9. The molecule has 0 radical (unpaired) electrons. The minimum Gasteiger partial charge on any atom is -0.462 e. The van der Waals surface area contributed by atoms with Crippen LogP contribution in [0.3, 0.4) is 0 Å². The predicted molar refractivity (Wildman–Crippen MR) is 82.9 cm³/mol. The molecule has 0 heterocycles. The lowest BCUT2D eigenvalue weighted by Gasteiger charge is -2.33. The third kappa shape index (κ3) is 3.81. The fourth-order valence-corrected chi connectivity index (χ4v) is 3.14. The van der Waals surface area contributed by atoms with Crippen LogP contribution in [0.4, 0.5) is 0 Å². The van der Waals surface area contributed by atoms with Crippen molar-refractivity contribution in [2.75, 3.05) is 6.61 Å². The predicted octanol–water partition coefficient (Wildman–Crippen LogP) is 5.63. The minimum atomic E-state index is -0.471. The van der Waals surface area contributed by atoms with Crippen molar-refractivity contribution in [1.82, 2.24) is 0 Å². The number of halogens is 3. The fraction of sp³-hybridized carbons (Fsp3) is 0.533. The van der Waals surface area contributed by atoms with Crippen LogP contribution in [0.1, 0.15) is 43.0 Å². The lowest BCUT2D eigenvalue weighted by Crippen LogP contribution is -2.23. The largest absolute Gasteiger partial charge is 0.462 e. The molecule has 2 atom stereocenters. The van der Waals surface area contributed by atoms with E-state index in [2.05, 4.69) is 6.92 Å². The average molecular weight is 336 g/mol. The normalized spacial score (nSPS) is 21.4. The summed E-state index contributed by atoms with van der Waals surface area (Å²) in [6.45, 7) is 2.68. The van der Waals surface area contributed by atoms with Crippen molar-refractivity contribution in [3.8, 4) is 0 Å². The monoisotopic (exact) mass is 334 g/mol. The Morgan fingerprint density at radius 3 is 2.65 bits per heavy atom. The van der Waals surface area contributed by atoms with Crippen LogP contribution >= 0.6 is 34.8 Å². The Bertz CT molecular complexity index is 502. The van der Waals surface area contributed by atoms with Gasteiger partial charge in [-0.15, -0.1) is 0 Å². The first-order valence-corrected chi connectivity index (χ1v) is 7.94. The van der Waals surface area contributed by atoms with Gasteiger partial charge in [-0.2, -0.15) is 0 Å². The molecule has 1 aliphatic carbocycles. The van der Waals surface area contributed by atoms with Crippen LogP contribution in [0.2, 0.25) is 15.1 Å². The van der Waals surface area contributed by atoms with Gasteiger partial charge in [0.2, 0.25) is 0 Å². The van der Waals surface area contributed by atoms with Crippen LogP contribution in [0.5, 0.6) is 0 Å². The zero-order chi connectivity index (χ0) is 14.7. The van der Waals surface area contributed by atoms with Crippen LogP contribution in [-0.2, 0) is 4.74 Å². The first-order chi connectivity index (χ1) is 9.49. The first kappa shape index (κ1) is 15.9. The number of hydrogen-bond donors (Lipinski definition) is 0. The van der Waals surface area contributed by atoms with E-state index >= 15 is 0 Å². The van der Waals surface area contributed by atoms with Crippen LogP contribution in [0.25, 0.3) is 0 Å². The highest BCUT2D eigenvalue weighted by Gasteiger charge is 2.25. The molecule has 0 bridgehead atoms. The van der Waals surface area contributed by atoms with E-state index in [1.54, 1.807) is 0 Å². The molecule has 2 rings (SSSR count). The summed E-state index contributed by atoms with van der Waals surface area (Å²) in [5.74, 6) is 1.13. The maximum absolute atomic E-state index is 11.9. The van der Waals surface area contributed by atoms with Gasteiger partial charge in [-0.05, 0) is 43.2 Å². The van der Waals surface area contributed by atoms with Crippen molar-refractivity contribution in [2.24, 2.45) is 11.8 Å².